The average Bonchev–Trinajstić information content (AvgIpc) is 2.55. The van der Waals surface area contributed by atoms with Crippen molar-refractivity contribution >= 4 is 0 Å². The lowest BCUT2D eigenvalue weighted by Crippen LogP contribution is -2.35. The predicted molar refractivity (Wildman–Crippen MR) is 92.0 cm³/mol. The molecular weight excluding hydrogens is 294 g/mol. The highest BCUT2D eigenvalue weighted by Gasteiger charge is 2.10. The fourth-order valence-electron chi connectivity index (χ4n) is 2.22. The Morgan fingerprint density at radius 1 is 1.13 bits per heavy atom. The first-order valence-corrected chi connectivity index (χ1v) is 7.55. The summed E-state index contributed by atoms with van der Waals surface area (Å²) in [6.07, 6.45) is 3.05. The van der Waals surface area contributed by atoms with Gasteiger partial charge in [-0.05, 0) is 17.7 Å². The van der Waals surface area contributed by atoms with Crippen molar-refractivity contribution in [2.75, 3.05) is 40.5 Å². The van der Waals surface area contributed by atoms with Crippen LogP contribution >= 0.6 is 0 Å². The maximum absolute atomic E-state index is 10.1. The topological polar surface area (TPSA) is 51.2 Å². The molecule has 0 amide bonds. The summed E-state index contributed by atoms with van der Waals surface area (Å²) in [5.74, 6) is 1.35. The third kappa shape index (κ3) is 6.86. The maximum atomic E-state index is 10.1. The summed E-state index contributed by atoms with van der Waals surface area (Å²) in [5, 5.41) is 10.1. The van der Waals surface area contributed by atoms with Crippen molar-refractivity contribution in [1.82, 2.24) is 4.90 Å². The molecule has 1 atom stereocenters. The zero-order valence-corrected chi connectivity index (χ0v) is 14.0. The van der Waals surface area contributed by atoms with Gasteiger partial charge in [0.05, 0.1) is 33.5 Å². The zero-order valence-electron chi connectivity index (χ0n) is 14.0. The summed E-state index contributed by atoms with van der Waals surface area (Å²) in [6, 6.07) is 5.62. The number of hydrogen-bond donors (Lipinski definition) is 1. The van der Waals surface area contributed by atoms with Crippen LogP contribution in [0.25, 0.3) is 0 Å². The Morgan fingerprint density at radius 2 is 1.78 bits per heavy atom. The van der Waals surface area contributed by atoms with E-state index in [0.29, 0.717) is 37.7 Å². The Hall–Kier alpha value is -1.82. The lowest BCUT2D eigenvalue weighted by atomic mass is 10.2. The molecule has 1 unspecified atom stereocenters. The van der Waals surface area contributed by atoms with E-state index in [2.05, 4.69) is 13.2 Å². The van der Waals surface area contributed by atoms with Crippen molar-refractivity contribution < 1.29 is 19.3 Å². The average molecular weight is 321 g/mol. The molecule has 0 radical (unpaired) electrons. The number of benzene rings is 1. The molecule has 0 aliphatic heterocycles. The number of ether oxygens (including phenoxy) is 3. The summed E-state index contributed by atoms with van der Waals surface area (Å²) >= 11 is 0. The third-order valence-electron chi connectivity index (χ3n) is 3.27. The molecule has 1 N–H and O–H groups in total. The van der Waals surface area contributed by atoms with Gasteiger partial charge >= 0.3 is 0 Å². The van der Waals surface area contributed by atoms with E-state index in [0.717, 1.165) is 5.56 Å². The lowest BCUT2D eigenvalue weighted by Gasteiger charge is -2.22. The summed E-state index contributed by atoms with van der Waals surface area (Å²) in [5.41, 5.74) is 0.962. The van der Waals surface area contributed by atoms with Crippen LogP contribution in [-0.2, 0) is 11.3 Å². The van der Waals surface area contributed by atoms with E-state index in [1.165, 1.54) is 0 Å². The van der Waals surface area contributed by atoms with E-state index < -0.39 is 6.10 Å². The SMILES string of the molecule is C=CCN(CC=C)CC(O)COCc1ccc(OC)c(OC)c1. The van der Waals surface area contributed by atoms with Crippen LogP contribution in [0, 0.1) is 0 Å². The van der Waals surface area contributed by atoms with Gasteiger partial charge in [-0.1, -0.05) is 18.2 Å². The first kappa shape index (κ1) is 19.2. The van der Waals surface area contributed by atoms with Crippen LogP contribution in [0.4, 0.5) is 0 Å². The molecule has 0 bridgehead atoms. The van der Waals surface area contributed by atoms with Gasteiger partial charge in [0, 0.05) is 19.6 Å². The molecule has 0 spiro atoms. The van der Waals surface area contributed by atoms with E-state index in [-0.39, 0.29) is 6.61 Å². The van der Waals surface area contributed by atoms with E-state index in [1.54, 1.807) is 26.4 Å². The normalized spacial score (nSPS) is 12.0. The minimum absolute atomic E-state index is 0.263. The Morgan fingerprint density at radius 3 is 2.35 bits per heavy atom. The highest BCUT2D eigenvalue weighted by molar-refractivity contribution is 5.42. The summed E-state index contributed by atoms with van der Waals surface area (Å²) < 4.78 is 16.0. The standard InChI is InChI=1S/C18H27NO4/c1-5-9-19(10-6-2)12-16(20)14-23-13-15-7-8-17(21-3)18(11-15)22-4/h5-8,11,16,20H,1-2,9-10,12-14H2,3-4H3. The molecule has 1 aromatic carbocycles. The van der Waals surface area contributed by atoms with Crippen LogP contribution in [0.1, 0.15) is 5.56 Å². The van der Waals surface area contributed by atoms with Crippen LogP contribution in [0.5, 0.6) is 11.5 Å². The van der Waals surface area contributed by atoms with E-state index in [1.807, 2.05) is 23.1 Å². The molecule has 5 heteroatoms. The van der Waals surface area contributed by atoms with Crippen LogP contribution < -0.4 is 9.47 Å². The molecule has 0 aromatic heterocycles. The molecule has 0 aliphatic carbocycles. The van der Waals surface area contributed by atoms with Crippen molar-refractivity contribution in [3.05, 3.63) is 49.1 Å². The molecule has 1 aromatic rings. The molecule has 0 aliphatic rings. The minimum Gasteiger partial charge on any atom is -0.493 e. The van der Waals surface area contributed by atoms with Crippen molar-refractivity contribution in [3.8, 4) is 11.5 Å². The smallest absolute Gasteiger partial charge is 0.161 e. The van der Waals surface area contributed by atoms with Gasteiger partial charge in [-0.25, -0.2) is 0 Å². The lowest BCUT2D eigenvalue weighted by molar-refractivity contribution is 0.0132. The quantitative estimate of drug-likeness (QED) is 0.599. The molecule has 128 valence electrons. The molecular formula is C18H27NO4. The summed E-state index contributed by atoms with van der Waals surface area (Å²) in [4.78, 5) is 2.05. The zero-order chi connectivity index (χ0) is 17.1. The van der Waals surface area contributed by atoms with Crippen molar-refractivity contribution in [2.45, 2.75) is 12.7 Å². The first-order chi connectivity index (χ1) is 11.1. The molecule has 0 fully saturated rings. The van der Waals surface area contributed by atoms with E-state index in [4.69, 9.17) is 14.2 Å². The Labute approximate surface area is 138 Å². The number of methoxy groups -OCH3 is 2. The number of nitrogens with zero attached hydrogens (tertiary/aromatic N) is 1. The van der Waals surface area contributed by atoms with Gasteiger partial charge < -0.3 is 19.3 Å². The second-order valence-corrected chi connectivity index (χ2v) is 5.15. The van der Waals surface area contributed by atoms with Gasteiger partial charge in [0.25, 0.3) is 0 Å². The first-order valence-electron chi connectivity index (χ1n) is 7.55. The van der Waals surface area contributed by atoms with Crippen LogP contribution in [0.2, 0.25) is 0 Å². The Balaban J connectivity index is 2.43. The predicted octanol–water partition coefficient (Wildman–Crippen LogP) is 2.26. The van der Waals surface area contributed by atoms with Gasteiger partial charge in [0.2, 0.25) is 0 Å². The Kier molecular flexibility index (Phi) is 9.05. The van der Waals surface area contributed by atoms with E-state index >= 15 is 0 Å². The van der Waals surface area contributed by atoms with Gasteiger partial charge in [-0.15, -0.1) is 13.2 Å². The monoisotopic (exact) mass is 321 g/mol. The number of hydrogen-bond acceptors (Lipinski definition) is 5. The van der Waals surface area contributed by atoms with Gasteiger partial charge in [0.15, 0.2) is 11.5 Å². The van der Waals surface area contributed by atoms with Gasteiger partial charge in [-0.3, -0.25) is 4.90 Å². The Bertz CT molecular complexity index is 480. The molecule has 0 saturated heterocycles. The van der Waals surface area contributed by atoms with Crippen LogP contribution in [0.3, 0.4) is 0 Å². The number of aliphatic hydroxyl groups is 1. The third-order valence-corrected chi connectivity index (χ3v) is 3.27. The fourth-order valence-corrected chi connectivity index (χ4v) is 2.22. The van der Waals surface area contributed by atoms with Crippen LogP contribution in [0.15, 0.2) is 43.5 Å². The highest BCUT2D eigenvalue weighted by atomic mass is 16.5. The molecule has 0 heterocycles. The molecule has 5 nitrogen and oxygen atoms in total. The summed E-state index contributed by atoms with van der Waals surface area (Å²) in [6.45, 7) is 10.0. The highest BCUT2D eigenvalue weighted by Crippen LogP contribution is 2.27. The van der Waals surface area contributed by atoms with E-state index in [9.17, 15) is 5.11 Å². The molecule has 23 heavy (non-hydrogen) atoms. The maximum Gasteiger partial charge on any atom is 0.161 e. The largest absolute Gasteiger partial charge is 0.493 e. The van der Waals surface area contributed by atoms with Crippen LogP contribution in [-0.4, -0.2) is 56.6 Å². The second-order valence-electron chi connectivity index (χ2n) is 5.15. The van der Waals surface area contributed by atoms with Gasteiger partial charge in [0.1, 0.15) is 0 Å². The fraction of sp³-hybridized carbons (Fsp3) is 0.444. The molecule has 0 saturated carbocycles. The van der Waals surface area contributed by atoms with Crippen molar-refractivity contribution in [3.63, 3.8) is 0 Å². The van der Waals surface area contributed by atoms with Crippen molar-refractivity contribution in [1.29, 1.82) is 0 Å². The minimum atomic E-state index is -0.560. The second kappa shape index (κ2) is 10.8. The van der Waals surface area contributed by atoms with Gasteiger partial charge in [-0.2, -0.15) is 0 Å². The number of aliphatic hydroxyl groups excluding tert-OH is 1. The summed E-state index contributed by atoms with van der Waals surface area (Å²) in [7, 11) is 3.20. The number of rotatable bonds is 12. The molecule has 1 rings (SSSR count). The van der Waals surface area contributed by atoms with Crippen molar-refractivity contribution in [2.24, 2.45) is 0 Å².